The summed E-state index contributed by atoms with van der Waals surface area (Å²) >= 11 is 0. The lowest BCUT2D eigenvalue weighted by atomic mass is 9.75. The van der Waals surface area contributed by atoms with Gasteiger partial charge in [-0.25, -0.2) is 9.97 Å². The van der Waals surface area contributed by atoms with Crippen LogP contribution >= 0.6 is 0 Å². The fourth-order valence-corrected chi connectivity index (χ4v) is 5.24. The van der Waals surface area contributed by atoms with Gasteiger partial charge >= 0.3 is 0 Å². The van der Waals surface area contributed by atoms with Crippen molar-refractivity contribution in [2.24, 2.45) is 17.8 Å². The first-order chi connectivity index (χ1) is 12.8. The molecule has 0 radical (unpaired) electrons. The number of nitrogens with zero attached hydrogens (tertiary/aromatic N) is 2. The Bertz CT molecular complexity index is 493. The van der Waals surface area contributed by atoms with Gasteiger partial charge in [-0.1, -0.05) is 71.6 Å². The van der Waals surface area contributed by atoms with Crippen molar-refractivity contribution in [3.05, 3.63) is 23.8 Å². The van der Waals surface area contributed by atoms with Gasteiger partial charge in [-0.3, -0.25) is 0 Å². The van der Waals surface area contributed by atoms with Gasteiger partial charge in [-0.05, 0) is 55.4 Å². The fourth-order valence-electron chi connectivity index (χ4n) is 5.24. The van der Waals surface area contributed by atoms with Crippen LogP contribution in [0.1, 0.15) is 115 Å². The molecule has 0 amide bonds. The first kappa shape index (κ1) is 19.8. The summed E-state index contributed by atoms with van der Waals surface area (Å²) in [6.45, 7) is 4.49. The molecule has 2 aliphatic rings. The van der Waals surface area contributed by atoms with E-state index in [-0.39, 0.29) is 0 Å². The lowest BCUT2D eigenvalue weighted by Crippen LogP contribution is -2.18. The highest BCUT2D eigenvalue weighted by Crippen LogP contribution is 2.39. The molecule has 0 aromatic carbocycles. The van der Waals surface area contributed by atoms with E-state index in [1.165, 1.54) is 89.0 Å². The van der Waals surface area contributed by atoms with Gasteiger partial charge in [0.25, 0.3) is 0 Å². The maximum Gasteiger partial charge on any atom is 0.131 e. The lowest BCUT2D eigenvalue weighted by molar-refractivity contribution is 0.222. The highest BCUT2D eigenvalue weighted by Gasteiger charge is 2.26. The van der Waals surface area contributed by atoms with Gasteiger partial charge in [-0.2, -0.15) is 0 Å². The zero-order chi connectivity index (χ0) is 18.2. The smallest absolute Gasteiger partial charge is 0.131 e. The first-order valence-electron chi connectivity index (χ1n) is 11.6. The van der Waals surface area contributed by atoms with Crippen molar-refractivity contribution >= 4 is 0 Å². The van der Waals surface area contributed by atoms with Crippen molar-refractivity contribution in [1.29, 1.82) is 0 Å². The quantitative estimate of drug-likeness (QED) is 0.497. The van der Waals surface area contributed by atoms with Gasteiger partial charge in [0.1, 0.15) is 5.82 Å². The normalized spacial score (nSPS) is 29.6. The summed E-state index contributed by atoms with van der Waals surface area (Å²) in [5.41, 5.74) is 1.26. The number of hydrogen-bond donors (Lipinski definition) is 0. The molecule has 2 aliphatic carbocycles. The molecule has 26 heavy (non-hydrogen) atoms. The van der Waals surface area contributed by atoms with Crippen LogP contribution in [0, 0.1) is 17.8 Å². The standard InChI is InChI=1S/C24H40N2/c1-3-5-6-20-7-9-21(10-8-20)11-12-22-13-15-23(16-14-22)24-25-17-19(4-2)18-26-24/h17-18,20-23H,3-16H2,1-2H3/t20-,21-,22?,23?. The first-order valence-corrected chi connectivity index (χ1v) is 11.6. The largest absolute Gasteiger partial charge is 0.241 e. The zero-order valence-electron chi connectivity index (χ0n) is 17.3. The molecule has 0 unspecified atom stereocenters. The summed E-state index contributed by atoms with van der Waals surface area (Å²) in [5, 5.41) is 0. The Balaban J connectivity index is 1.33. The Morgan fingerprint density at radius 2 is 1.23 bits per heavy atom. The van der Waals surface area contributed by atoms with E-state index in [1.807, 2.05) is 12.4 Å². The maximum absolute atomic E-state index is 4.63. The second kappa shape index (κ2) is 10.4. The average Bonchev–Trinajstić information content (AvgIpc) is 2.72. The van der Waals surface area contributed by atoms with Crippen LogP contribution in [-0.2, 0) is 6.42 Å². The van der Waals surface area contributed by atoms with Gasteiger partial charge in [0.15, 0.2) is 0 Å². The molecule has 146 valence electrons. The number of aryl methyl sites for hydroxylation is 1. The summed E-state index contributed by atoms with van der Waals surface area (Å²) in [6.07, 6.45) is 23.9. The molecule has 1 aromatic rings. The number of hydrogen-bond acceptors (Lipinski definition) is 2. The maximum atomic E-state index is 4.63. The summed E-state index contributed by atoms with van der Waals surface area (Å²) in [5.74, 6) is 4.78. The molecule has 2 nitrogen and oxygen atoms in total. The van der Waals surface area contributed by atoms with Crippen LogP contribution in [-0.4, -0.2) is 9.97 Å². The summed E-state index contributed by atoms with van der Waals surface area (Å²) < 4.78 is 0. The molecule has 2 heteroatoms. The van der Waals surface area contributed by atoms with Gasteiger partial charge < -0.3 is 0 Å². The molecule has 0 atom stereocenters. The predicted octanol–water partition coefficient (Wildman–Crippen LogP) is 7.09. The van der Waals surface area contributed by atoms with Crippen LogP contribution < -0.4 is 0 Å². The van der Waals surface area contributed by atoms with E-state index < -0.39 is 0 Å². The highest BCUT2D eigenvalue weighted by molar-refractivity contribution is 5.07. The molecule has 2 fully saturated rings. The van der Waals surface area contributed by atoms with E-state index in [1.54, 1.807) is 0 Å². The Hall–Kier alpha value is -0.920. The molecule has 1 heterocycles. The van der Waals surface area contributed by atoms with Gasteiger partial charge in [0.2, 0.25) is 0 Å². The topological polar surface area (TPSA) is 25.8 Å². The Morgan fingerprint density at radius 3 is 1.73 bits per heavy atom. The lowest BCUT2D eigenvalue weighted by Gasteiger charge is -2.31. The van der Waals surface area contributed by atoms with Gasteiger partial charge in [0.05, 0.1) is 0 Å². The monoisotopic (exact) mass is 356 g/mol. The Kier molecular flexibility index (Phi) is 7.95. The van der Waals surface area contributed by atoms with Gasteiger partial charge in [0, 0.05) is 18.3 Å². The number of unbranched alkanes of at least 4 members (excludes halogenated alkanes) is 1. The average molecular weight is 357 g/mol. The van der Waals surface area contributed by atoms with E-state index in [4.69, 9.17) is 0 Å². The SMILES string of the molecule is CCCC[C@H]1CC[C@H](CCC2CCC(c3ncc(CC)cn3)CC2)CC1. The van der Waals surface area contributed by atoms with Gasteiger partial charge in [-0.15, -0.1) is 0 Å². The molecular weight excluding hydrogens is 316 g/mol. The zero-order valence-corrected chi connectivity index (χ0v) is 17.3. The van der Waals surface area contributed by atoms with Crippen LogP contribution in [0.4, 0.5) is 0 Å². The summed E-state index contributed by atoms with van der Waals surface area (Å²) in [4.78, 5) is 9.27. The fraction of sp³-hybridized carbons (Fsp3) is 0.833. The van der Waals surface area contributed by atoms with E-state index in [0.717, 1.165) is 30.0 Å². The third-order valence-corrected chi connectivity index (χ3v) is 7.26. The van der Waals surface area contributed by atoms with Crippen LogP contribution in [0.3, 0.4) is 0 Å². The molecule has 0 bridgehead atoms. The van der Waals surface area contributed by atoms with Crippen LogP contribution in [0.15, 0.2) is 12.4 Å². The molecule has 0 aliphatic heterocycles. The van der Waals surface area contributed by atoms with Crippen LogP contribution in [0.2, 0.25) is 0 Å². The third-order valence-electron chi connectivity index (χ3n) is 7.26. The van der Waals surface area contributed by atoms with E-state index in [0.29, 0.717) is 5.92 Å². The Morgan fingerprint density at radius 1 is 0.731 bits per heavy atom. The van der Waals surface area contributed by atoms with E-state index >= 15 is 0 Å². The van der Waals surface area contributed by atoms with Crippen molar-refractivity contribution < 1.29 is 0 Å². The van der Waals surface area contributed by atoms with E-state index in [9.17, 15) is 0 Å². The van der Waals surface area contributed by atoms with Crippen molar-refractivity contribution in [2.45, 2.75) is 110 Å². The van der Waals surface area contributed by atoms with Crippen molar-refractivity contribution in [2.75, 3.05) is 0 Å². The van der Waals surface area contributed by atoms with Crippen molar-refractivity contribution in [3.63, 3.8) is 0 Å². The van der Waals surface area contributed by atoms with Crippen LogP contribution in [0.25, 0.3) is 0 Å². The molecule has 0 saturated heterocycles. The van der Waals surface area contributed by atoms with E-state index in [2.05, 4.69) is 23.8 Å². The van der Waals surface area contributed by atoms with Crippen molar-refractivity contribution in [1.82, 2.24) is 9.97 Å². The number of rotatable bonds is 8. The summed E-state index contributed by atoms with van der Waals surface area (Å²) in [7, 11) is 0. The van der Waals surface area contributed by atoms with Crippen molar-refractivity contribution in [3.8, 4) is 0 Å². The molecular formula is C24H40N2. The second-order valence-corrected chi connectivity index (χ2v) is 9.13. The molecule has 1 aromatic heterocycles. The minimum Gasteiger partial charge on any atom is -0.241 e. The second-order valence-electron chi connectivity index (χ2n) is 9.13. The predicted molar refractivity (Wildman–Crippen MR) is 110 cm³/mol. The third kappa shape index (κ3) is 5.79. The minimum absolute atomic E-state index is 0.617. The highest BCUT2D eigenvalue weighted by atomic mass is 14.9. The van der Waals surface area contributed by atoms with Crippen LogP contribution in [0.5, 0.6) is 0 Å². The molecule has 3 rings (SSSR count). The molecule has 0 spiro atoms. The Labute approximate surface area is 161 Å². The molecule has 0 N–H and O–H groups in total. The minimum atomic E-state index is 0.617. The number of aromatic nitrogens is 2. The molecule has 2 saturated carbocycles. The summed E-state index contributed by atoms with van der Waals surface area (Å²) in [6, 6.07) is 0.